The molecule has 0 radical (unpaired) electrons. The van der Waals surface area contributed by atoms with Crippen LogP contribution in [0.25, 0.3) is 0 Å². The van der Waals surface area contributed by atoms with Crippen molar-refractivity contribution in [2.24, 2.45) is 5.16 Å². The van der Waals surface area contributed by atoms with E-state index in [4.69, 9.17) is 14.5 Å². The van der Waals surface area contributed by atoms with Crippen LogP contribution in [0.3, 0.4) is 0 Å². The van der Waals surface area contributed by atoms with Crippen LogP contribution in [0.2, 0.25) is 0 Å². The molecule has 0 aliphatic carbocycles. The van der Waals surface area contributed by atoms with E-state index in [-0.39, 0.29) is 6.61 Å². The lowest BCUT2D eigenvalue weighted by Crippen LogP contribution is -1.91. The van der Waals surface area contributed by atoms with Gasteiger partial charge >= 0.3 is 0 Å². The summed E-state index contributed by atoms with van der Waals surface area (Å²) in [5, 5.41) is 12.7. The van der Waals surface area contributed by atoms with Crippen LogP contribution in [0.4, 0.5) is 0 Å². The highest BCUT2D eigenvalue weighted by atomic mass is 79.9. The van der Waals surface area contributed by atoms with Gasteiger partial charge in [-0.05, 0) is 37.9 Å². The second kappa shape index (κ2) is 6.55. The number of hydrogen-bond donors (Lipinski definition) is 0. The summed E-state index contributed by atoms with van der Waals surface area (Å²) in [5.41, 5.74) is 1.38. The summed E-state index contributed by atoms with van der Waals surface area (Å²) < 4.78 is 6.71. The summed E-state index contributed by atoms with van der Waals surface area (Å²) >= 11 is 6.53. The Bertz CT molecular complexity index is 625. The molecule has 2 rings (SSSR count). The molecule has 0 amide bonds. The van der Waals surface area contributed by atoms with Gasteiger partial charge in [-0.2, -0.15) is 5.26 Å². The van der Waals surface area contributed by atoms with Crippen LogP contribution in [-0.2, 0) is 11.4 Å². The van der Waals surface area contributed by atoms with E-state index in [2.05, 4.69) is 43.1 Å². The van der Waals surface area contributed by atoms with E-state index in [1.54, 1.807) is 12.1 Å². The van der Waals surface area contributed by atoms with Gasteiger partial charge in [-0.15, -0.1) is 0 Å². The van der Waals surface area contributed by atoms with Crippen LogP contribution in [-0.4, -0.2) is 6.21 Å². The number of nitriles is 1. The molecule has 19 heavy (non-hydrogen) atoms. The number of halogens is 2. The number of furan rings is 1. The lowest BCUT2D eigenvalue weighted by atomic mass is 10.1. The van der Waals surface area contributed by atoms with Crippen molar-refractivity contribution in [3.8, 4) is 6.07 Å². The Morgan fingerprint density at radius 1 is 1.37 bits per heavy atom. The standard InChI is InChI=1S/C13H8Br2N2O2/c14-12-5-11(19-13(12)15)7-17-18-8-10-4-2-1-3-9(10)6-16/h1-5,7H,8H2/b17-7-. The summed E-state index contributed by atoms with van der Waals surface area (Å²) in [4.78, 5) is 5.14. The topological polar surface area (TPSA) is 58.5 Å². The third-order valence-corrected chi connectivity index (χ3v) is 3.99. The van der Waals surface area contributed by atoms with E-state index < -0.39 is 0 Å². The van der Waals surface area contributed by atoms with Crippen LogP contribution in [0.15, 0.2) is 49.0 Å². The maximum Gasteiger partial charge on any atom is 0.184 e. The minimum atomic E-state index is 0.239. The van der Waals surface area contributed by atoms with Crippen molar-refractivity contribution in [2.45, 2.75) is 6.61 Å². The number of oxime groups is 1. The van der Waals surface area contributed by atoms with Crippen LogP contribution in [0.1, 0.15) is 16.9 Å². The first-order valence-corrected chi connectivity index (χ1v) is 6.87. The third kappa shape index (κ3) is 3.69. The second-order valence-electron chi connectivity index (χ2n) is 3.55. The van der Waals surface area contributed by atoms with Gasteiger partial charge in [-0.1, -0.05) is 23.4 Å². The Morgan fingerprint density at radius 2 is 2.16 bits per heavy atom. The molecule has 0 spiro atoms. The lowest BCUT2D eigenvalue weighted by Gasteiger charge is -2.01. The SMILES string of the molecule is N#Cc1ccccc1CO/N=C\c1cc(Br)c(Br)o1. The molecule has 0 unspecified atom stereocenters. The molecule has 0 bridgehead atoms. The van der Waals surface area contributed by atoms with Crippen molar-refractivity contribution >= 4 is 38.1 Å². The zero-order chi connectivity index (χ0) is 13.7. The van der Waals surface area contributed by atoms with Crippen LogP contribution >= 0.6 is 31.9 Å². The van der Waals surface area contributed by atoms with Crippen LogP contribution in [0.5, 0.6) is 0 Å². The van der Waals surface area contributed by atoms with Crippen LogP contribution < -0.4 is 0 Å². The molecule has 6 heteroatoms. The van der Waals surface area contributed by atoms with Crippen LogP contribution in [0, 0.1) is 11.3 Å². The van der Waals surface area contributed by atoms with E-state index in [0.717, 1.165) is 10.0 Å². The average molecular weight is 384 g/mol. The van der Waals surface area contributed by atoms with Gasteiger partial charge in [0, 0.05) is 11.6 Å². The predicted octanol–water partition coefficient (Wildman–Crippen LogP) is 4.23. The molecule has 0 N–H and O–H groups in total. The van der Waals surface area contributed by atoms with Gasteiger partial charge < -0.3 is 9.25 Å². The van der Waals surface area contributed by atoms with Gasteiger partial charge in [0.2, 0.25) is 0 Å². The molecule has 4 nitrogen and oxygen atoms in total. The van der Waals surface area contributed by atoms with E-state index >= 15 is 0 Å². The molecule has 1 aromatic carbocycles. The van der Waals surface area contributed by atoms with E-state index in [1.165, 1.54) is 6.21 Å². The molecule has 0 aliphatic rings. The van der Waals surface area contributed by atoms with Gasteiger partial charge in [0.15, 0.2) is 10.4 Å². The highest BCUT2D eigenvalue weighted by Gasteiger charge is 2.04. The molecule has 1 aromatic heterocycles. The normalized spacial score (nSPS) is 10.6. The third-order valence-electron chi connectivity index (χ3n) is 2.28. The molecular formula is C13H8Br2N2O2. The molecule has 0 saturated heterocycles. The fraction of sp³-hybridized carbons (Fsp3) is 0.0769. The van der Waals surface area contributed by atoms with Crippen molar-refractivity contribution in [1.82, 2.24) is 0 Å². The largest absolute Gasteiger partial charge is 0.447 e. The summed E-state index contributed by atoms with van der Waals surface area (Å²) in [6.07, 6.45) is 1.46. The van der Waals surface area contributed by atoms with Gasteiger partial charge in [-0.25, -0.2) is 0 Å². The quantitative estimate of drug-likeness (QED) is 0.586. The van der Waals surface area contributed by atoms with Gasteiger partial charge in [0.1, 0.15) is 12.8 Å². The molecule has 0 atom stereocenters. The highest BCUT2D eigenvalue weighted by molar-refractivity contribution is 9.13. The van der Waals surface area contributed by atoms with Crippen molar-refractivity contribution in [1.29, 1.82) is 5.26 Å². The molecule has 0 aliphatic heterocycles. The Balaban J connectivity index is 1.95. The maximum atomic E-state index is 8.92. The van der Waals surface area contributed by atoms with Gasteiger partial charge in [0.05, 0.1) is 16.1 Å². The first kappa shape index (κ1) is 13.8. The summed E-state index contributed by atoms with van der Waals surface area (Å²) in [5.74, 6) is 0.562. The average Bonchev–Trinajstić information content (AvgIpc) is 2.74. The molecule has 96 valence electrons. The van der Waals surface area contributed by atoms with Gasteiger partial charge in [-0.3, -0.25) is 0 Å². The zero-order valence-corrected chi connectivity index (χ0v) is 12.8. The number of rotatable bonds is 4. The smallest absolute Gasteiger partial charge is 0.184 e. The fourth-order valence-electron chi connectivity index (χ4n) is 1.38. The Morgan fingerprint density at radius 3 is 2.84 bits per heavy atom. The molecule has 2 aromatic rings. The maximum absolute atomic E-state index is 8.92. The van der Waals surface area contributed by atoms with E-state index in [0.29, 0.717) is 16.0 Å². The summed E-state index contributed by atoms with van der Waals surface area (Å²) in [6, 6.07) is 11.1. The summed E-state index contributed by atoms with van der Waals surface area (Å²) in [7, 11) is 0. The van der Waals surface area contributed by atoms with Gasteiger partial charge in [0.25, 0.3) is 0 Å². The highest BCUT2D eigenvalue weighted by Crippen LogP contribution is 2.25. The Hall–Kier alpha value is -1.58. The second-order valence-corrected chi connectivity index (χ2v) is 5.12. The van der Waals surface area contributed by atoms with Crippen molar-refractivity contribution in [3.05, 3.63) is 56.4 Å². The number of nitrogens with zero attached hydrogens (tertiary/aromatic N) is 2. The first-order chi connectivity index (χ1) is 9.20. The molecular weight excluding hydrogens is 376 g/mol. The minimum Gasteiger partial charge on any atom is -0.447 e. The van der Waals surface area contributed by atoms with Crippen molar-refractivity contribution in [2.75, 3.05) is 0 Å². The molecule has 0 fully saturated rings. The monoisotopic (exact) mass is 382 g/mol. The zero-order valence-electron chi connectivity index (χ0n) is 9.64. The Labute approximate surface area is 126 Å². The molecule has 1 heterocycles. The number of hydrogen-bond acceptors (Lipinski definition) is 4. The fourth-order valence-corrected chi connectivity index (χ4v) is 1.99. The van der Waals surface area contributed by atoms with E-state index in [9.17, 15) is 0 Å². The van der Waals surface area contributed by atoms with Crippen molar-refractivity contribution < 1.29 is 9.25 Å². The minimum absolute atomic E-state index is 0.239. The summed E-state index contributed by atoms with van der Waals surface area (Å²) in [6.45, 7) is 0.239. The van der Waals surface area contributed by atoms with E-state index in [1.807, 2.05) is 18.2 Å². The Kier molecular flexibility index (Phi) is 4.77. The first-order valence-electron chi connectivity index (χ1n) is 5.29. The predicted molar refractivity (Wildman–Crippen MR) is 77.6 cm³/mol. The van der Waals surface area contributed by atoms with Crippen molar-refractivity contribution in [3.63, 3.8) is 0 Å². The molecule has 0 saturated carbocycles. The number of benzene rings is 1. The lowest BCUT2D eigenvalue weighted by molar-refractivity contribution is 0.131.